The number of aromatic nitrogens is 4. The Labute approximate surface area is 201 Å². The van der Waals surface area contributed by atoms with E-state index in [4.69, 9.17) is 5.73 Å². The van der Waals surface area contributed by atoms with E-state index in [1.807, 2.05) is 43.0 Å². The van der Waals surface area contributed by atoms with Gasteiger partial charge in [0.1, 0.15) is 16.6 Å². The number of anilines is 4. The topological polar surface area (TPSA) is 142 Å². The number of piperidine rings is 1. The number of rotatable bonds is 7. The number of carbonyl (C=O) groups is 2. The van der Waals surface area contributed by atoms with Crippen molar-refractivity contribution in [1.29, 1.82) is 0 Å². The summed E-state index contributed by atoms with van der Waals surface area (Å²) in [5, 5.41) is 6.94. The number of pyridine rings is 1. The molecule has 4 rings (SSSR count). The molecule has 1 aliphatic rings. The predicted octanol–water partition coefficient (Wildman–Crippen LogP) is 1.94. The van der Waals surface area contributed by atoms with Gasteiger partial charge in [-0.05, 0) is 49.5 Å². The Hall–Kier alpha value is -3.80. The van der Waals surface area contributed by atoms with Gasteiger partial charge in [0.2, 0.25) is 0 Å². The third-order valence-corrected chi connectivity index (χ3v) is 6.21. The summed E-state index contributed by atoms with van der Waals surface area (Å²) in [7, 11) is 3.80. The van der Waals surface area contributed by atoms with Crippen LogP contribution in [0.4, 0.5) is 22.5 Å². The minimum Gasteiger partial charge on any atom is -0.364 e. The number of nitrogens with two attached hydrogens (primary N) is 1. The highest BCUT2D eigenvalue weighted by Crippen LogP contribution is 2.25. The average Bonchev–Trinajstić information content (AvgIpc) is 3.23. The van der Waals surface area contributed by atoms with Gasteiger partial charge in [0.25, 0.3) is 11.8 Å². The fraction of sp³-hybridized carbons (Fsp3) is 0.364. The first-order valence-electron chi connectivity index (χ1n) is 10.9. The molecule has 1 aliphatic heterocycles. The smallest absolute Gasteiger partial charge is 0.271 e. The van der Waals surface area contributed by atoms with Gasteiger partial charge in [-0.25, -0.2) is 15.0 Å². The average molecular weight is 482 g/mol. The maximum atomic E-state index is 12.7. The molecule has 0 aliphatic carbocycles. The van der Waals surface area contributed by atoms with Crippen molar-refractivity contribution < 1.29 is 9.59 Å². The first-order valence-corrected chi connectivity index (χ1v) is 11.6. The van der Waals surface area contributed by atoms with E-state index in [9.17, 15) is 9.59 Å². The minimum atomic E-state index is -0.666. The Bertz CT molecular complexity index is 1180. The molecule has 0 saturated carbocycles. The van der Waals surface area contributed by atoms with Crippen LogP contribution in [0.3, 0.4) is 0 Å². The molecule has 1 saturated heterocycles. The Morgan fingerprint density at radius 2 is 2.06 bits per heavy atom. The third kappa shape index (κ3) is 5.39. The van der Waals surface area contributed by atoms with Crippen LogP contribution < -0.4 is 26.2 Å². The molecular formula is C22H27N9O2S. The predicted molar refractivity (Wildman–Crippen MR) is 132 cm³/mol. The van der Waals surface area contributed by atoms with Gasteiger partial charge in [0, 0.05) is 39.4 Å². The zero-order chi connectivity index (χ0) is 24.2. The lowest BCUT2D eigenvalue weighted by atomic mass is 10.1. The minimum absolute atomic E-state index is 0.0605. The second-order valence-corrected chi connectivity index (χ2v) is 9.11. The lowest BCUT2D eigenvalue weighted by Gasteiger charge is -2.34. The van der Waals surface area contributed by atoms with Crippen LogP contribution in [0.25, 0.3) is 0 Å². The van der Waals surface area contributed by atoms with E-state index < -0.39 is 5.91 Å². The van der Waals surface area contributed by atoms with Crippen LogP contribution in [0.5, 0.6) is 0 Å². The fourth-order valence-corrected chi connectivity index (χ4v) is 4.36. The first kappa shape index (κ1) is 23.4. The molecule has 0 aromatic carbocycles. The summed E-state index contributed by atoms with van der Waals surface area (Å²) in [6.45, 7) is 3.21. The first-order chi connectivity index (χ1) is 16.3. The van der Waals surface area contributed by atoms with Crippen molar-refractivity contribution in [3.8, 4) is 0 Å². The summed E-state index contributed by atoms with van der Waals surface area (Å²) in [6, 6.07) is 5.38. The summed E-state index contributed by atoms with van der Waals surface area (Å²) in [5.74, 6) is 0.844. The summed E-state index contributed by atoms with van der Waals surface area (Å²) >= 11 is 1.26. The van der Waals surface area contributed by atoms with Crippen molar-refractivity contribution in [2.24, 2.45) is 5.73 Å². The number of primary amides is 1. The maximum Gasteiger partial charge on any atom is 0.271 e. The van der Waals surface area contributed by atoms with Crippen molar-refractivity contribution in [3.05, 3.63) is 47.5 Å². The lowest BCUT2D eigenvalue weighted by Crippen LogP contribution is -2.48. The summed E-state index contributed by atoms with van der Waals surface area (Å²) < 4.78 is 4.23. The molecule has 3 aromatic heterocycles. The third-order valence-electron chi connectivity index (χ3n) is 5.41. The van der Waals surface area contributed by atoms with Crippen LogP contribution >= 0.6 is 11.5 Å². The summed E-state index contributed by atoms with van der Waals surface area (Å²) in [4.78, 5) is 41.7. The SMILES string of the molecule is Cc1cc(Nc2nc(N3CCCC(NC(=O)c4ccc(N(C)C)nc4)C3)cnc2C(N)=O)sn1. The van der Waals surface area contributed by atoms with Crippen molar-refractivity contribution in [2.75, 3.05) is 42.3 Å². The molecule has 1 unspecified atom stereocenters. The number of amides is 2. The van der Waals surface area contributed by atoms with E-state index in [0.29, 0.717) is 17.9 Å². The molecule has 4 heterocycles. The highest BCUT2D eigenvalue weighted by molar-refractivity contribution is 7.10. The Balaban J connectivity index is 1.47. The van der Waals surface area contributed by atoms with E-state index >= 15 is 0 Å². The summed E-state index contributed by atoms with van der Waals surface area (Å²) in [5.41, 5.74) is 6.93. The van der Waals surface area contributed by atoms with Gasteiger partial charge in [0.05, 0.1) is 17.5 Å². The van der Waals surface area contributed by atoms with E-state index in [-0.39, 0.29) is 23.5 Å². The molecule has 0 radical (unpaired) electrons. The van der Waals surface area contributed by atoms with Crippen LogP contribution in [-0.2, 0) is 0 Å². The summed E-state index contributed by atoms with van der Waals surface area (Å²) in [6.07, 6.45) is 4.85. The van der Waals surface area contributed by atoms with Gasteiger partial charge in [-0.2, -0.15) is 4.37 Å². The van der Waals surface area contributed by atoms with Crippen molar-refractivity contribution >= 4 is 45.8 Å². The molecule has 1 atom stereocenters. The molecule has 4 N–H and O–H groups in total. The van der Waals surface area contributed by atoms with Crippen molar-refractivity contribution in [2.45, 2.75) is 25.8 Å². The van der Waals surface area contributed by atoms with Crippen LogP contribution in [0.2, 0.25) is 0 Å². The van der Waals surface area contributed by atoms with E-state index in [0.717, 1.165) is 35.9 Å². The Kier molecular flexibility index (Phi) is 6.87. The van der Waals surface area contributed by atoms with Gasteiger partial charge >= 0.3 is 0 Å². The van der Waals surface area contributed by atoms with E-state index in [2.05, 4.69) is 30.0 Å². The van der Waals surface area contributed by atoms with Crippen LogP contribution in [0.15, 0.2) is 30.6 Å². The number of nitrogens with one attached hydrogen (secondary N) is 2. The zero-order valence-corrected chi connectivity index (χ0v) is 20.1. The molecule has 12 heteroatoms. The van der Waals surface area contributed by atoms with Gasteiger partial charge < -0.3 is 26.2 Å². The second kappa shape index (κ2) is 10.00. The van der Waals surface area contributed by atoms with Crippen LogP contribution in [-0.4, -0.2) is 64.4 Å². The van der Waals surface area contributed by atoms with E-state index in [1.165, 1.54) is 17.7 Å². The molecule has 178 valence electrons. The largest absolute Gasteiger partial charge is 0.364 e. The zero-order valence-electron chi connectivity index (χ0n) is 19.3. The molecule has 2 amide bonds. The van der Waals surface area contributed by atoms with Crippen LogP contribution in [0, 0.1) is 6.92 Å². The molecule has 34 heavy (non-hydrogen) atoms. The molecule has 3 aromatic rings. The van der Waals surface area contributed by atoms with Gasteiger partial charge in [-0.15, -0.1) is 0 Å². The van der Waals surface area contributed by atoms with Crippen molar-refractivity contribution in [3.63, 3.8) is 0 Å². The number of hydrogen-bond donors (Lipinski definition) is 3. The number of hydrogen-bond acceptors (Lipinski definition) is 10. The monoisotopic (exact) mass is 481 g/mol. The molecular weight excluding hydrogens is 454 g/mol. The number of aryl methyl sites for hydroxylation is 1. The van der Waals surface area contributed by atoms with Crippen LogP contribution in [0.1, 0.15) is 39.4 Å². The highest BCUT2D eigenvalue weighted by atomic mass is 32.1. The Morgan fingerprint density at radius 1 is 1.24 bits per heavy atom. The molecule has 11 nitrogen and oxygen atoms in total. The maximum absolute atomic E-state index is 12.7. The van der Waals surface area contributed by atoms with Gasteiger partial charge in [0.15, 0.2) is 11.5 Å². The molecule has 0 bridgehead atoms. The number of nitrogens with zero attached hydrogens (tertiary/aromatic N) is 6. The quantitative estimate of drug-likeness (QED) is 0.461. The van der Waals surface area contributed by atoms with Crippen molar-refractivity contribution in [1.82, 2.24) is 24.6 Å². The molecule has 0 spiro atoms. The Morgan fingerprint density at radius 3 is 2.71 bits per heavy atom. The molecule has 1 fully saturated rings. The lowest BCUT2D eigenvalue weighted by molar-refractivity contribution is 0.0931. The van der Waals surface area contributed by atoms with Gasteiger partial charge in [-0.1, -0.05) is 0 Å². The van der Waals surface area contributed by atoms with E-state index in [1.54, 1.807) is 12.3 Å². The van der Waals surface area contributed by atoms with Gasteiger partial charge in [-0.3, -0.25) is 9.59 Å². The standard InChI is InChI=1S/C22H27N9O2S/c1-13-9-18(34-29-13)28-21-19(20(23)32)25-11-17(27-21)31-8-4-5-15(12-31)26-22(33)14-6-7-16(24-10-14)30(2)3/h6-7,9-11,15H,4-5,8,12H2,1-3H3,(H2,23,32)(H,26,33)(H,27,28). The highest BCUT2D eigenvalue weighted by Gasteiger charge is 2.25. The normalized spacial score (nSPS) is 15.6. The second-order valence-electron chi connectivity index (χ2n) is 8.31. The fourth-order valence-electron chi connectivity index (χ4n) is 3.70. The number of carbonyl (C=O) groups excluding carboxylic acids is 2.